The van der Waals surface area contributed by atoms with Gasteiger partial charge in [-0.05, 0) is 36.8 Å². The van der Waals surface area contributed by atoms with Crippen molar-refractivity contribution in [3.05, 3.63) is 66.2 Å². The minimum Gasteiger partial charge on any atom is -0.264 e. The van der Waals surface area contributed by atoms with Gasteiger partial charge in [-0.1, -0.05) is 37.6 Å². The molecule has 0 radical (unpaired) electrons. The summed E-state index contributed by atoms with van der Waals surface area (Å²) in [5, 5.41) is 4.59. The van der Waals surface area contributed by atoms with E-state index in [1.165, 1.54) is 24.3 Å². The molecule has 0 atom stereocenters. The van der Waals surface area contributed by atoms with Crippen molar-refractivity contribution in [2.24, 2.45) is 0 Å². The summed E-state index contributed by atoms with van der Waals surface area (Å²) in [4.78, 5) is 0. The summed E-state index contributed by atoms with van der Waals surface area (Å²) >= 11 is 0. The largest absolute Gasteiger partial charge is 0.264 e. The molecule has 4 heteroatoms. The van der Waals surface area contributed by atoms with E-state index >= 15 is 0 Å². The van der Waals surface area contributed by atoms with E-state index in [0.717, 1.165) is 36.2 Å². The Balaban J connectivity index is 2.06. The summed E-state index contributed by atoms with van der Waals surface area (Å²) in [5.74, 6) is -0.573. The summed E-state index contributed by atoms with van der Waals surface area (Å²) in [6.45, 7) is 2.86. The summed E-state index contributed by atoms with van der Waals surface area (Å²) in [5.41, 5.74) is 3.03. The third kappa shape index (κ3) is 3.47. The van der Waals surface area contributed by atoms with Crippen molar-refractivity contribution in [1.29, 1.82) is 0 Å². The number of hydrogen-bond acceptors (Lipinski definition) is 1. The Kier molecular flexibility index (Phi) is 4.51. The van der Waals surface area contributed by atoms with E-state index in [0.29, 0.717) is 5.69 Å². The van der Waals surface area contributed by atoms with Crippen LogP contribution in [0.3, 0.4) is 0 Å². The maximum atomic E-state index is 13.5. The molecule has 0 unspecified atom stereocenters. The Morgan fingerprint density at radius 3 is 2.22 bits per heavy atom. The first-order valence-corrected chi connectivity index (χ1v) is 7.77. The highest BCUT2D eigenvalue weighted by Crippen LogP contribution is 2.27. The average molecular weight is 312 g/mol. The highest BCUT2D eigenvalue weighted by atomic mass is 19.1. The second-order valence-corrected chi connectivity index (χ2v) is 5.51. The van der Waals surface area contributed by atoms with Gasteiger partial charge in [0, 0.05) is 17.7 Å². The minimum absolute atomic E-state index is 0.280. The van der Waals surface area contributed by atoms with E-state index in [1.807, 2.05) is 22.9 Å². The average Bonchev–Trinajstić information content (AvgIpc) is 2.97. The van der Waals surface area contributed by atoms with E-state index in [1.54, 1.807) is 12.1 Å². The highest BCUT2D eigenvalue weighted by molar-refractivity contribution is 5.68. The van der Waals surface area contributed by atoms with E-state index in [9.17, 15) is 8.78 Å². The fraction of sp³-hybridized carbons (Fsp3) is 0.211. The molecule has 118 valence electrons. The van der Waals surface area contributed by atoms with Crippen molar-refractivity contribution in [1.82, 2.24) is 9.78 Å². The molecule has 0 saturated heterocycles. The maximum absolute atomic E-state index is 13.5. The molecule has 0 spiro atoms. The normalized spacial score (nSPS) is 10.9. The first kappa shape index (κ1) is 15.4. The molecule has 3 aromatic rings. The van der Waals surface area contributed by atoms with Gasteiger partial charge in [-0.3, -0.25) is 4.68 Å². The van der Waals surface area contributed by atoms with Gasteiger partial charge in [-0.25, -0.2) is 8.78 Å². The summed E-state index contributed by atoms with van der Waals surface area (Å²) in [6.07, 6.45) is 2.02. The standard InChI is InChI=1S/C19H18F2N2/c1-2-3-10-23-19(15-7-5-9-17(21)12-15)13-18(22-23)14-6-4-8-16(20)11-14/h4-9,11-13H,2-3,10H2,1H3. The lowest BCUT2D eigenvalue weighted by atomic mass is 10.1. The lowest BCUT2D eigenvalue weighted by molar-refractivity contribution is 0.577. The molecule has 0 aliphatic heterocycles. The van der Waals surface area contributed by atoms with Gasteiger partial charge < -0.3 is 0 Å². The summed E-state index contributed by atoms with van der Waals surface area (Å²) in [7, 11) is 0. The number of aryl methyl sites for hydroxylation is 1. The van der Waals surface area contributed by atoms with E-state index in [-0.39, 0.29) is 11.6 Å². The Labute approximate surface area is 134 Å². The Morgan fingerprint density at radius 1 is 0.913 bits per heavy atom. The molecule has 0 amide bonds. The molecule has 1 heterocycles. The predicted molar refractivity (Wildman–Crippen MR) is 87.9 cm³/mol. The van der Waals surface area contributed by atoms with E-state index < -0.39 is 0 Å². The third-order valence-electron chi connectivity index (χ3n) is 3.74. The SMILES string of the molecule is CCCCn1nc(-c2cccc(F)c2)cc1-c1cccc(F)c1. The van der Waals surface area contributed by atoms with Crippen LogP contribution in [-0.4, -0.2) is 9.78 Å². The fourth-order valence-corrected chi connectivity index (χ4v) is 2.56. The summed E-state index contributed by atoms with van der Waals surface area (Å²) < 4.78 is 28.9. The van der Waals surface area contributed by atoms with Crippen molar-refractivity contribution in [2.45, 2.75) is 26.3 Å². The molecule has 0 aliphatic rings. The van der Waals surface area contributed by atoms with Crippen LogP contribution < -0.4 is 0 Å². The lowest BCUT2D eigenvalue weighted by Gasteiger charge is -2.06. The number of benzene rings is 2. The number of rotatable bonds is 5. The fourth-order valence-electron chi connectivity index (χ4n) is 2.56. The first-order valence-electron chi connectivity index (χ1n) is 7.77. The summed E-state index contributed by atoms with van der Waals surface area (Å²) in [6, 6.07) is 14.7. The van der Waals surface area contributed by atoms with Crippen LogP contribution in [-0.2, 0) is 6.54 Å². The number of halogens is 2. The van der Waals surface area contributed by atoms with Gasteiger partial charge in [-0.2, -0.15) is 5.10 Å². The zero-order valence-electron chi connectivity index (χ0n) is 13.0. The predicted octanol–water partition coefficient (Wildman–Crippen LogP) is 5.30. The van der Waals surface area contributed by atoms with Crippen LogP contribution in [0.2, 0.25) is 0 Å². The molecular weight excluding hydrogens is 294 g/mol. The van der Waals surface area contributed by atoms with Crippen molar-refractivity contribution in [3.63, 3.8) is 0 Å². The van der Waals surface area contributed by atoms with Crippen LogP contribution in [0.25, 0.3) is 22.5 Å². The molecule has 2 aromatic carbocycles. The molecule has 23 heavy (non-hydrogen) atoms. The Bertz CT molecular complexity index is 809. The quantitative estimate of drug-likeness (QED) is 0.625. The van der Waals surface area contributed by atoms with Crippen molar-refractivity contribution >= 4 is 0 Å². The molecule has 3 rings (SSSR count). The Morgan fingerprint density at radius 2 is 1.57 bits per heavy atom. The van der Waals surface area contributed by atoms with Gasteiger partial charge in [0.15, 0.2) is 0 Å². The monoisotopic (exact) mass is 312 g/mol. The van der Waals surface area contributed by atoms with Crippen LogP contribution >= 0.6 is 0 Å². The van der Waals surface area contributed by atoms with Gasteiger partial charge in [0.2, 0.25) is 0 Å². The van der Waals surface area contributed by atoms with Crippen LogP contribution in [0.1, 0.15) is 19.8 Å². The van der Waals surface area contributed by atoms with Crippen LogP contribution in [0.4, 0.5) is 8.78 Å². The topological polar surface area (TPSA) is 17.8 Å². The molecule has 0 saturated carbocycles. The highest BCUT2D eigenvalue weighted by Gasteiger charge is 2.12. The van der Waals surface area contributed by atoms with Crippen LogP contribution in [0.15, 0.2) is 54.6 Å². The second-order valence-electron chi connectivity index (χ2n) is 5.51. The van der Waals surface area contributed by atoms with Gasteiger partial charge in [0.1, 0.15) is 11.6 Å². The van der Waals surface area contributed by atoms with E-state index in [4.69, 9.17) is 0 Å². The molecule has 0 bridgehead atoms. The van der Waals surface area contributed by atoms with Crippen molar-refractivity contribution in [2.75, 3.05) is 0 Å². The zero-order chi connectivity index (χ0) is 16.2. The van der Waals surface area contributed by atoms with Crippen LogP contribution in [0.5, 0.6) is 0 Å². The number of hydrogen-bond donors (Lipinski definition) is 0. The van der Waals surface area contributed by atoms with Crippen LogP contribution in [0, 0.1) is 11.6 Å². The van der Waals surface area contributed by atoms with Gasteiger partial charge in [-0.15, -0.1) is 0 Å². The Hall–Kier alpha value is -2.49. The third-order valence-corrected chi connectivity index (χ3v) is 3.74. The van der Waals surface area contributed by atoms with Crippen molar-refractivity contribution < 1.29 is 8.78 Å². The number of unbranched alkanes of at least 4 members (excludes halogenated alkanes) is 1. The van der Waals surface area contributed by atoms with E-state index in [2.05, 4.69) is 12.0 Å². The number of nitrogens with zero attached hydrogens (tertiary/aromatic N) is 2. The van der Waals surface area contributed by atoms with Crippen molar-refractivity contribution in [3.8, 4) is 22.5 Å². The maximum Gasteiger partial charge on any atom is 0.123 e. The smallest absolute Gasteiger partial charge is 0.123 e. The molecule has 1 aromatic heterocycles. The lowest BCUT2D eigenvalue weighted by Crippen LogP contribution is -2.02. The number of aromatic nitrogens is 2. The molecular formula is C19H18F2N2. The van der Waals surface area contributed by atoms with Gasteiger partial charge >= 0.3 is 0 Å². The van der Waals surface area contributed by atoms with Gasteiger partial charge in [0.05, 0.1) is 11.4 Å². The second kappa shape index (κ2) is 6.73. The molecule has 0 aliphatic carbocycles. The first-order chi connectivity index (χ1) is 11.2. The molecule has 0 N–H and O–H groups in total. The molecule has 0 fully saturated rings. The minimum atomic E-state index is -0.294. The van der Waals surface area contributed by atoms with Gasteiger partial charge in [0.25, 0.3) is 0 Å². The molecule has 2 nitrogen and oxygen atoms in total. The zero-order valence-corrected chi connectivity index (χ0v) is 13.0.